The van der Waals surface area contributed by atoms with Gasteiger partial charge in [0.1, 0.15) is 53.4 Å². The second kappa shape index (κ2) is 28.0. The Hall–Kier alpha value is -5.52. The maximum Gasteiger partial charge on any atom is 0.348 e. The number of likely N-dealkylation sites (N-methyl/N-ethyl adjacent to an activating group) is 1. The molecule has 430 valence electrons. The van der Waals surface area contributed by atoms with Crippen molar-refractivity contribution < 1.29 is 56.6 Å². The van der Waals surface area contributed by atoms with E-state index in [4.69, 9.17) is 85.5 Å². The highest BCUT2D eigenvalue weighted by atomic mass is 35.5. The van der Waals surface area contributed by atoms with E-state index in [0.717, 1.165) is 31.1 Å². The third-order valence-electron chi connectivity index (χ3n) is 13.6. The molecule has 2 atom stereocenters. The van der Waals surface area contributed by atoms with Gasteiger partial charge >= 0.3 is 5.97 Å². The number of fused-ring (bicyclic) bond motifs is 7. The smallest absolute Gasteiger partial charge is 0.348 e. The maximum atomic E-state index is 14.7. The van der Waals surface area contributed by atoms with Gasteiger partial charge in [0.15, 0.2) is 5.75 Å². The average molecular weight is 1160 g/mol. The number of hydrogen-bond donors (Lipinski definition) is 0. The van der Waals surface area contributed by atoms with E-state index in [2.05, 4.69) is 21.8 Å². The summed E-state index contributed by atoms with van der Waals surface area (Å²) in [6.07, 6.45) is 1.21. The first-order valence-electron chi connectivity index (χ1n) is 27.0. The first kappa shape index (κ1) is 59.1. The van der Waals surface area contributed by atoms with Crippen molar-refractivity contribution in [2.45, 2.75) is 65.5 Å². The average Bonchev–Trinajstić information content (AvgIpc) is 4.01. The van der Waals surface area contributed by atoms with Crippen LogP contribution in [0.5, 0.6) is 23.1 Å². The lowest BCUT2D eigenvalue weighted by Crippen LogP contribution is -2.49. The summed E-state index contributed by atoms with van der Waals surface area (Å²) in [6.45, 7) is 18.8. The van der Waals surface area contributed by atoms with E-state index in [1.807, 2.05) is 30.9 Å². The highest BCUT2D eigenvalue weighted by molar-refractivity contribution is 7.22. The van der Waals surface area contributed by atoms with Crippen LogP contribution in [0, 0.1) is 19.7 Å². The number of nitrogens with zero attached hydrogens (tertiary/aromatic N) is 7. The minimum atomic E-state index is -1.29. The number of carbonyl (C=O) groups is 1. The van der Waals surface area contributed by atoms with Crippen molar-refractivity contribution in [3.05, 3.63) is 99.3 Å². The third-order valence-corrected chi connectivity index (χ3v) is 15.7. The summed E-state index contributed by atoms with van der Waals surface area (Å²) in [6, 6.07) is 13.5. The summed E-state index contributed by atoms with van der Waals surface area (Å²) in [5.74, 6) is 0.804. The van der Waals surface area contributed by atoms with Gasteiger partial charge in [-0.1, -0.05) is 35.3 Å². The van der Waals surface area contributed by atoms with Gasteiger partial charge in [0.05, 0.1) is 87.2 Å². The third kappa shape index (κ3) is 15.5. The summed E-state index contributed by atoms with van der Waals surface area (Å²) >= 11 is 16.2. The van der Waals surface area contributed by atoms with Gasteiger partial charge in [-0.15, -0.1) is 11.3 Å². The zero-order valence-corrected chi connectivity index (χ0v) is 48.6. The van der Waals surface area contributed by atoms with Crippen molar-refractivity contribution in [3.8, 4) is 44.7 Å². The molecule has 0 N–H and O–H groups in total. The number of aromatic nitrogens is 4. The molecule has 10 rings (SSSR count). The van der Waals surface area contributed by atoms with Gasteiger partial charge in [-0.25, -0.2) is 29.1 Å². The molecule has 18 nitrogen and oxygen atoms in total. The van der Waals surface area contributed by atoms with Gasteiger partial charge in [-0.2, -0.15) is 0 Å². The van der Waals surface area contributed by atoms with E-state index in [9.17, 15) is 9.18 Å². The largest absolute Gasteiger partial charge is 0.490 e. The Balaban J connectivity index is 1.09. The molecule has 4 aliphatic heterocycles. The van der Waals surface area contributed by atoms with Crippen LogP contribution in [-0.4, -0.2) is 179 Å². The molecule has 3 aromatic carbocycles. The summed E-state index contributed by atoms with van der Waals surface area (Å²) < 4.78 is 76.6. The lowest BCUT2D eigenvalue weighted by molar-refractivity contribution is -0.163. The molecule has 2 fully saturated rings. The Morgan fingerprint density at radius 3 is 2.05 bits per heavy atom. The highest BCUT2D eigenvalue weighted by Crippen LogP contribution is 2.53. The molecule has 80 heavy (non-hydrogen) atoms. The van der Waals surface area contributed by atoms with E-state index in [1.165, 1.54) is 29.8 Å². The van der Waals surface area contributed by atoms with E-state index >= 15 is 0 Å². The molecule has 0 radical (unpaired) electrons. The highest BCUT2D eigenvalue weighted by Gasteiger charge is 2.34. The maximum absolute atomic E-state index is 14.7. The number of carbonyl (C=O) groups excluding carboxylic acids is 1. The Kier molecular flexibility index (Phi) is 20.7. The molecule has 2 saturated heterocycles. The molecule has 7 heterocycles. The molecule has 4 aliphatic rings. The molecular formula is C58H70Cl2FN7O11S. The number of anilines is 1. The van der Waals surface area contributed by atoms with Crippen LogP contribution in [0.1, 0.15) is 43.2 Å². The lowest BCUT2D eigenvalue weighted by Gasteiger charge is -2.35. The van der Waals surface area contributed by atoms with Crippen LogP contribution in [0.25, 0.3) is 31.8 Å². The van der Waals surface area contributed by atoms with Crippen molar-refractivity contribution >= 4 is 56.7 Å². The van der Waals surface area contributed by atoms with Crippen LogP contribution in [0.2, 0.25) is 10.0 Å². The molecular weight excluding hydrogens is 1090 g/mol. The minimum absolute atomic E-state index is 0.0370. The summed E-state index contributed by atoms with van der Waals surface area (Å²) in [7, 11) is 2.11. The molecule has 22 heteroatoms. The van der Waals surface area contributed by atoms with Crippen molar-refractivity contribution in [2.24, 2.45) is 0 Å². The van der Waals surface area contributed by atoms with Crippen LogP contribution < -0.4 is 23.8 Å². The Morgan fingerprint density at radius 1 is 0.775 bits per heavy atom. The van der Waals surface area contributed by atoms with E-state index in [0.29, 0.717) is 168 Å². The number of rotatable bonds is 8. The van der Waals surface area contributed by atoms with Crippen molar-refractivity contribution in [1.82, 2.24) is 29.7 Å². The summed E-state index contributed by atoms with van der Waals surface area (Å²) in [5.41, 5.74) is 3.66. The van der Waals surface area contributed by atoms with Crippen LogP contribution in [0.15, 0.2) is 61.1 Å². The van der Waals surface area contributed by atoms with E-state index in [-0.39, 0.29) is 31.3 Å². The quantitative estimate of drug-likeness (QED) is 0.132. The lowest BCUT2D eigenvalue weighted by atomic mass is 9.92. The molecule has 0 unspecified atom stereocenters. The number of benzene rings is 3. The van der Waals surface area contributed by atoms with Crippen LogP contribution in [0.3, 0.4) is 0 Å². The Labute approximate surface area is 480 Å². The molecule has 6 aromatic rings. The number of piperazine rings is 1. The van der Waals surface area contributed by atoms with Crippen LogP contribution >= 0.6 is 34.5 Å². The van der Waals surface area contributed by atoms with Crippen molar-refractivity contribution in [1.29, 1.82) is 0 Å². The monoisotopic (exact) mass is 1160 g/mol. The van der Waals surface area contributed by atoms with Gasteiger partial charge in [-0.3, -0.25) is 4.90 Å². The van der Waals surface area contributed by atoms with E-state index in [1.54, 1.807) is 51.2 Å². The molecule has 0 spiro atoms. The van der Waals surface area contributed by atoms with Crippen LogP contribution in [-0.2, 0) is 46.2 Å². The molecule has 0 amide bonds. The topological polar surface area (TPSA) is 171 Å². The molecule has 4 bridgehead atoms. The number of esters is 1. The Morgan fingerprint density at radius 2 is 1.41 bits per heavy atom. The van der Waals surface area contributed by atoms with Crippen molar-refractivity contribution in [3.63, 3.8) is 0 Å². The second-order valence-corrected chi connectivity index (χ2v) is 22.5. The summed E-state index contributed by atoms with van der Waals surface area (Å²) in [4.78, 5) is 41.7. The predicted octanol–water partition coefficient (Wildman–Crippen LogP) is 9.08. The first-order chi connectivity index (χ1) is 38.7. The molecule has 0 saturated carbocycles. The Bertz CT molecular complexity index is 2990. The van der Waals surface area contributed by atoms with Gasteiger partial charge in [0.25, 0.3) is 0 Å². The number of thiophene rings is 1. The van der Waals surface area contributed by atoms with E-state index < -0.39 is 23.8 Å². The molecule has 3 aromatic heterocycles. The fraction of sp³-hybridized carbons (Fsp3) is 0.500. The first-order valence-corrected chi connectivity index (χ1v) is 28.6. The predicted molar refractivity (Wildman–Crippen MR) is 305 cm³/mol. The van der Waals surface area contributed by atoms with Crippen molar-refractivity contribution in [2.75, 3.05) is 130 Å². The number of hydrogen-bond acceptors (Lipinski definition) is 19. The van der Waals surface area contributed by atoms with Gasteiger partial charge in [0, 0.05) is 74.4 Å². The zero-order valence-electron chi connectivity index (χ0n) is 46.2. The zero-order chi connectivity index (χ0) is 56.2. The number of halogens is 3. The normalized spacial score (nSPS) is 19.2. The standard InChI is InChI=1S/C58H70Cl2FN7O11S/c1-37-47-38(2)51(60)52(50(37)59)77-44(33-67-17-15-66(6)16-18-67)35-75-43-11-12-45(76-34-42-13-14-62-57(65-42)68-19-21-70-23-25-72-27-29-74-30-28-73-26-24-71-22-20-68)40(31-43)32-46(56(69)79-58(3,4)5)78-54-49-48(47)53(80-55(49)64-36-63-54)39-7-9-41(61)10-8-39/h7-14,31,36,44,46H,15-30,32-35H2,1-6H3/t44-,46-/m1/s1. The fourth-order valence-corrected chi connectivity index (χ4v) is 11.1. The SMILES string of the molecule is Cc1c(Cl)c2c(Cl)c(C)c1-c1c(-c3ccc(F)cc3)sc3ncnc(c13)O[C@@H](C(=O)OC(C)(C)C)Cc1cc(ccc1OCc1ccnc(N3CCOCCOCCOCCOCCOCC3)n1)OC[C@@H](CN1CCN(C)CC1)O2. The second-order valence-electron chi connectivity index (χ2n) is 20.7. The van der Waals surface area contributed by atoms with Gasteiger partial charge in [-0.05, 0) is 100 Å². The van der Waals surface area contributed by atoms with Gasteiger partial charge < -0.3 is 57.2 Å². The van der Waals surface area contributed by atoms with Crippen LogP contribution in [0.4, 0.5) is 10.3 Å². The summed E-state index contributed by atoms with van der Waals surface area (Å²) in [5, 5.41) is 1.12. The minimum Gasteiger partial charge on any atom is -0.490 e. The molecule has 0 aliphatic carbocycles. The number of ether oxygens (including phenoxy) is 10. The fourth-order valence-electron chi connectivity index (χ4n) is 9.49. The van der Waals surface area contributed by atoms with Gasteiger partial charge in [0.2, 0.25) is 17.9 Å².